The molecule has 0 aromatic carbocycles. The zero-order chi connectivity index (χ0) is 21.1. The lowest BCUT2D eigenvalue weighted by Crippen LogP contribution is -2.36. The maximum Gasteiger partial charge on any atom is 0.306 e. The van der Waals surface area contributed by atoms with Crippen LogP contribution < -0.4 is 10.2 Å². The summed E-state index contributed by atoms with van der Waals surface area (Å²) in [6.45, 7) is 5.64. The SMILES string of the molecule is CC[C@@H](C)Nc1cc(-c2cc3cnccc3c(N3CCC(C(=O)O)CC3)n2)ccn1. The molecule has 1 fully saturated rings. The molecule has 1 aliphatic heterocycles. The second-order valence-electron chi connectivity index (χ2n) is 7.91. The number of aliphatic carboxylic acids is 1. The van der Waals surface area contributed by atoms with E-state index >= 15 is 0 Å². The van der Waals surface area contributed by atoms with Gasteiger partial charge in [-0.3, -0.25) is 9.78 Å². The first-order valence-corrected chi connectivity index (χ1v) is 10.5. The van der Waals surface area contributed by atoms with E-state index in [0.717, 1.165) is 40.1 Å². The summed E-state index contributed by atoms with van der Waals surface area (Å²) >= 11 is 0. The molecule has 0 radical (unpaired) electrons. The number of anilines is 2. The number of aromatic nitrogens is 3. The highest BCUT2D eigenvalue weighted by atomic mass is 16.4. The molecule has 7 heteroatoms. The second kappa shape index (κ2) is 8.65. The number of carboxylic acid groups (broad SMARTS) is 1. The smallest absolute Gasteiger partial charge is 0.306 e. The van der Waals surface area contributed by atoms with Crippen molar-refractivity contribution in [2.24, 2.45) is 5.92 Å². The number of carbonyl (C=O) groups is 1. The largest absolute Gasteiger partial charge is 0.481 e. The molecular formula is C23H27N5O2. The van der Waals surface area contributed by atoms with Crippen LogP contribution in [0.3, 0.4) is 0 Å². The molecule has 4 heterocycles. The lowest BCUT2D eigenvalue weighted by atomic mass is 9.97. The molecule has 156 valence electrons. The Kier molecular flexibility index (Phi) is 5.79. The van der Waals surface area contributed by atoms with E-state index in [-0.39, 0.29) is 5.92 Å². The fourth-order valence-electron chi connectivity index (χ4n) is 3.83. The maximum absolute atomic E-state index is 11.3. The van der Waals surface area contributed by atoms with Crippen molar-refractivity contribution in [3.05, 3.63) is 42.9 Å². The molecule has 0 amide bonds. The van der Waals surface area contributed by atoms with Crippen LogP contribution in [0.5, 0.6) is 0 Å². The van der Waals surface area contributed by atoms with Crippen LogP contribution in [0.1, 0.15) is 33.1 Å². The van der Waals surface area contributed by atoms with Crippen molar-refractivity contribution in [1.29, 1.82) is 0 Å². The quantitative estimate of drug-likeness (QED) is 0.635. The van der Waals surface area contributed by atoms with Gasteiger partial charge in [0.2, 0.25) is 0 Å². The van der Waals surface area contributed by atoms with Crippen LogP contribution in [0, 0.1) is 5.92 Å². The molecule has 1 atom stereocenters. The standard InChI is InChI=1S/C23H27N5O2/c1-3-15(2)26-21-13-17(4-9-25-21)20-12-18-14-24-8-5-19(18)22(27-20)28-10-6-16(7-11-28)23(29)30/h4-5,8-9,12-16H,3,6-7,10-11H2,1-2H3,(H,25,26)(H,29,30)/t15-/m1/s1. The molecule has 3 aromatic rings. The van der Waals surface area contributed by atoms with Gasteiger partial charge >= 0.3 is 5.97 Å². The molecule has 2 N–H and O–H groups in total. The van der Waals surface area contributed by atoms with Crippen molar-refractivity contribution in [3.63, 3.8) is 0 Å². The molecule has 0 saturated carbocycles. The highest BCUT2D eigenvalue weighted by molar-refractivity contribution is 5.94. The molecule has 1 saturated heterocycles. The number of hydrogen-bond donors (Lipinski definition) is 2. The Bertz CT molecular complexity index is 1050. The van der Waals surface area contributed by atoms with Crippen molar-refractivity contribution in [3.8, 4) is 11.3 Å². The average Bonchev–Trinajstić information content (AvgIpc) is 2.78. The molecule has 0 spiro atoms. The van der Waals surface area contributed by atoms with E-state index in [4.69, 9.17) is 4.98 Å². The summed E-state index contributed by atoms with van der Waals surface area (Å²) in [6.07, 6.45) is 7.71. The van der Waals surface area contributed by atoms with Gasteiger partial charge in [-0.25, -0.2) is 9.97 Å². The van der Waals surface area contributed by atoms with Gasteiger partial charge in [0, 0.05) is 54.1 Å². The van der Waals surface area contributed by atoms with Gasteiger partial charge in [0.05, 0.1) is 11.6 Å². The number of nitrogens with zero attached hydrogens (tertiary/aromatic N) is 4. The van der Waals surface area contributed by atoms with Gasteiger partial charge in [0.25, 0.3) is 0 Å². The molecule has 0 bridgehead atoms. The van der Waals surface area contributed by atoms with E-state index in [2.05, 4.69) is 40.1 Å². The molecule has 4 rings (SSSR count). The lowest BCUT2D eigenvalue weighted by molar-refractivity contribution is -0.142. The Morgan fingerprint density at radius 3 is 2.80 bits per heavy atom. The Labute approximate surface area is 176 Å². The summed E-state index contributed by atoms with van der Waals surface area (Å²) in [5, 5.41) is 14.8. The van der Waals surface area contributed by atoms with Gasteiger partial charge in [0.15, 0.2) is 0 Å². The van der Waals surface area contributed by atoms with Crippen LogP contribution in [0.4, 0.5) is 11.6 Å². The van der Waals surface area contributed by atoms with Crippen LogP contribution >= 0.6 is 0 Å². The first-order chi connectivity index (χ1) is 14.5. The van der Waals surface area contributed by atoms with Crippen LogP contribution in [0.25, 0.3) is 22.0 Å². The van der Waals surface area contributed by atoms with Crippen LogP contribution in [0.15, 0.2) is 42.9 Å². The number of hydrogen-bond acceptors (Lipinski definition) is 6. The highest BCUT2D eigenvalue weighted by Crippen LogP contribution is 2.32. The number of fused-ring (bicyclic) bond motifs is 1. The molecule has 3 aromatic heterocycles. The Balaban J connectivity index is 1.71. The van der Waals surface area contributed by atoms with Crippen LogP contribution in [-0.4, -0.2) is 45.2 Å². The zero-order valence-corrected chi connectivity index (χ0v) is 17.4. The van der Waals surface area contributed by atoms with E-state index in [0.29, 0.717) is 32.0 Å². The highest BCUT2D eigenvalue weighted by Gasteiger charge is 2.26. The monoisotopic (exact) mass is 405 g/mol. The first-order valence-electron chi connectivity index (χ1n) is 10.5. The van der Waals surface area contributed by atoms with Gasteiger partial charge in [-0.2, -0.15) is 0 Å². The minimum absolute atomic E-state index is 0.272. The number of nitrogens with one attached hydrogen (secondary N) is 1. The summed E-state index contributed by atoms with van der Waals surface area (Å²) in [4.78, 5) is 27.2. The normalized spacial score (nSPS) is 15.9. The van der Waals surface area contributed by atoms with Gasteiger partial charge in [0.1, 0.15) is 11.6 Å². The third-order valence-corrected chi connectivity index (χ3v) is 5.82. The van der Waals surface area contributed by atoms with Gasteiger partial charge in [-0.05, 0) is 50.5 Å². The number of pyridine rings is 3. The predicted molar refractivity (Wildman–Crippen MR) is 119 cm³/mol. The van der Waals surface area contributed by atoms with Crippen LogP contribution in [0.2, 0.25) is 0 Å². The molecule has 30 heavy (non-hydrogen) atoms. The van der Waals surface area contributed by atoms with Crippen molar-refractivity contribution < 1.29 is 9.90 Å². The number of piperidine rings is 1. The third kappa shape index (κ3) is 4.20. The van der Waals surface area contributed by atoms with Gasteiger partial charge in [-0.1, -0.05) is 6.92 Å². The number of carboxylic acids is 1. The Morgan fingerprint density at radius 1 is 1.27 bits per heavy atom. The van der Waals surface area contributed by atoms with Gasteiger partial charge in [-0.15, -0.1) is 0 Å². The van der Waals surface area contributed by atoms with Gasteiger partial charge < -0.3 is 15.3 Å². The molecule has 1 aliphatic rings. The van der Waals surface area contributed by atoms with E-state index in [1.165, 1.54) is 0 Å². The molecule has 0 unspecified atom stereocenters. The van der Waals surface area contributed by atoms with E-state index in [1.54, 1.807) is 12.4 Å². The number of rotatable bonds is 6. The fourth-order valence-corrected chi connectivity index (χ4v) is 3.83. The predicted octanol–water partition coefficient (Wildman–Crippen LogP) is 4.20. The average molecular weight is 406 g/mol. The van der Waals surface area contributed by atoms with Crippen molar-refractivity contribution in [1.82, 2.24) is 15.0 Å². The summed E-state index contributed by atoms with van der Waals surface area (Å²) in [5.41, 5.74) is 1.85. The Morgan fingerprint density at radius 2 is 2.07 bits per heavy atom. The van der Waals surface area contributed by atoms with E-state index < -0.39 is 5.97 Å². The molecule has 0 aliphatic carbocycles. The van der Waals surface area contributed by atoms with Crippen molar-refractivity contribution in [2.45, 2.75) is 39.2 Å². The topological polar surface area (TPSA) is 91.2 Å². The lowest BCUT2D eigenvalue weighted by Gasteiger charge is -2.32. The molecular weight excluding hydrogens is 378 g/mol. The fraction of sp³-hybridized carbons (Fsp3) is 0.391. The molecule has 7 nitrogen and oxygen atoms in total. The van der Waals surface area contributed by atoms with E-state index in [1.807, 2.05) is 24.4 Å². The minimum atomic E-state index is -0.705. The summed E-state index contributed by atoms with van der Waals surface area (Å²) in [5.74, 6) is 0.746. The summed E-state index contributed by atoms with van der Waals surface area (Å²) in [7, 11) is 0. The Hall–Kier alpha value is -3.22. The van der Waals surface area contributed by atoms with Crippen molar-refractivity contribution >= 4 is 28.4 Å². The van der Waals surface area contributed by atoms with Crippen LogP contribution in [-0.2, 0) is 4.79 Å². The summed E-state index contributed by atoms with van der Waals surface area (Å²) < 4.78 is 0. The first kappa shape index (κ1) is 20.1. The third-order valence-electron chi connectivity index (χ3n) is 5.82. The minimum Gasteiger partial charge on any atom is -0.481 e. The zero-order valence-electron chi connectivity index (χ0n) is 17.4. The van der Waals surface area contributed by atoms with E-state index in [9.17, 15) is 9.90 Å². The second-order valence-corrected chi connectivity index (χ2v) is 7.91. The van der Waals surface area contributed by atoms with Crippen molar-refractivity contribution in [2.75, 3.05) is 23.3 Å². The summed E-state index contributed by atoms with van der Waals surface area (Å²) in [6, 6.07) is 8.36. The maximum atomic E-state index is 11.3.